The van der Waals surface area contributed by atoms with E-state index < -0.39 is 0 Å². The molecule has 15 heavy (non-hydrogen) atoms. The SMILES string of the molecule is CC1CC1NC1CCCc2ccccc21. The number of hydrogen-bond acceptors (Lipinski definition) is 1. The minimum atomic E-state index is 0.630. The Bertz CT molecular complexity index is 358. The third-order valence-corrected chi connectivity index (χ3v) is 3.89. The maximum Gasteiger partial charge on any atom is 0.0325 e. The Kier molecular flexibility index (Phi) is 2.28. The standard InChI is InChI=1S/C14H19N/c1-10-9-14(10)15-13-8-4-6-11-5-2-3-7-12(11)13/h2-3,5,7,10,13-15H,4,6,8-9H2,1H3. The zero-order chi connectivity index (χ0) is 10.3. The molecule has 0 spiro atoms. The monoisotopic (exact) mass is 201 g/mol. The summed E-state index contributed by atoms with van der Waals surface area (Å²) >= 11 is 0. The van der Waals surface area contributed by atoms with Gasteiger partial charge in [0.15, 0.2) is 0 Å². The van der Waals surface area contributed by atoms with Crippen LogP contribution in [0.3, 0.4) is 0 Å². The van der Waals surface area contributed by atoms with Gasteiger partial charge >= 0.3 is 0 Å². The lowest BCUT2D eigenvalue weighted by Crippen LogP contribution is -2.27. The number of nitrogens with one attached hydrogen (secondary N) is 1. The van der Waals surface area contributed by atoms with Crippen LogP contribution in [0.1, 0.15) is 43.4 Å². The molecular formula is C14H19N. The second-order valence-corrected chi connectivity index (χ2v) is 5.13. The zero-order valence-corrected chi connectivity index (χ0v) is 9.37. The fraction of sp³-hybridized carbons (Fsp3) is 0.571. The van der Waals surface area contributed by atoms with Gasteiger partial charge in [-0.3, -0.25) is 0 Å². The van der Waals surface area contributed by atoms with Gasteiger partial charge in [-0.25, -0.2) is 0 Å². The van der Waals surface area contributed by atoms with Gasteiger partial charge in [0.1, 0.15) is 0 Å². The molecule has 3 atom stereocenters. The van der Waals surface area contributed by atoms with Crippen LogP contribution in [0, 0.1) is 5.92 Å². The number of rotatable bonds is 2. The van der Waals surface area contributed by atoms with Gasteiger partial charge in [-0.2, -0.15) is 0 Å². The molecule has 80 valence electrons. The minimum Gasteiger partial charge on any atom is -0.307 e. The van der Waals surface area contributed by atoms with Crippen LogP contribution >= 0.6 is 0 Å². The van der Waals surface area contributed by atoms with Gasteiger partial charge < -0.3 is 5.32 Å². The molecule has 0 aromatic heterocycles. The molecule has 1 nitrogen and oxygen atoms in total. The van der Waals surface area contributed by atoms with E-state index in [0.29, 0.717) is 6.04 Å². The van der Waals surface area contributed by atoms with Gasteiger partial charge in [0.25, 0.3) is 0 Å². The molecule has 1 aromatic rings. The van der Waals surface area contributed by atoms with Crippen LogP contribution in [-0.2, 0) is 6.42 Å². The number of hydrogen-bond donors (Lipinski definition) is 1. The predicted octanol–water partition coefficient (Wildman–Crippen LogP) is 3.06. The summed E-state index contributed by atoms with van der Waals surface area (Å²) in [5.41, 5.74) is 3.12. The molecule has 0 heterocycles. The third-order valence-electron chi connectivity index (χ3n) is 3.89. The Hall–Kier alpha value is -0.820. The molecule has 1 heteroatoms. The molecule has 3 rings (SSSR count). The first-order chi connectivity index (χ1) is 7.34. The molecule has 0 radical (unpaired) electrons. The van der Waals surface area contributed by atoms with Gasteiger partial charge in [-0.15, -0.1) is 0 Å². The molecule has 1 saturated carbocycles. The van der Waals surface area contributed by atoms with Crippen LogP contribution in [-0.4, -0.2) is 6.04 Å². The van der Waals surface area contributed by atoms with E-state index in [4.69, 9.17) is 0 Å². The van der Waals surface area contributed by atoms with Crippen molar-refractivity contribution in [2.24, 2.45) is 5.92 Å². The van der Waals surface area contributed by atoms with E-state index in [1.165, 1.54) is 25.7 Å². The highest BCUT2D eigenvalue weighted by atomic mass is 15.0. The van der Waals surface area contributed by atoms with Crippen LogP contribution in [0.2, 0.25) is 0 Å². The third kappa shape index (κ3) is 1.81. The normalized spacial score (nSPS) is 33.5. The first kappa shape index (κ1) is 9.41. The molecule has 0 aliphatic heterocycles. The smallest absolute Gasteiger partial charge is 0.0325 e. The van der Waals surface area contributed by atoms with E-state index in [1.54, 1.807) is 11.1 Å². The second kappa shape index (κ2) is 3.64. The zero-order valence-electron chi connectivity index (χ0n) is 9.37. The number of aryl methyl sites for hydroxylation is 1. The molecule has 1 N–H and O–H groups in total. The molecule has 0 bridgehead atoms. The lowest BCUT2D eigenvalue weighted by molar-refractivity contribution is 0.449. The average Bonchev–Trinajstić information content (AvgIpc) is 2.95. The molecule has 3 unspecified atom stereocenters. The Morgan fingerprint density at radius 2 is 2.07 bits per heavy atom. The van der Waals surface area contributed by atoms with Crippen molar-refractivity contribution in [1.82, 2.24) is 5.32 Å². The Morgan fingerprint density at radius 1 is 1.27 bits per heavy atom. The summed E-state index contributed by atoms with van der Waals surface area (Å²) in [4.78, 5) is 0. The largest absolute Gasteiger partial charge is 0.307 e. The summed E-state index contributed by atoms with van der Waals surface area (Å²) < 4.78 is 0. The summed E-state index contributed by atoms with van der Waals surface area (Å²) in [6.45, 7) is 2.34. The van der Waals surface area contributed by atoms with Crippen molar-refractivity contribution < 1.29 is 0 Å². The van der Waals surface area contributed by atoms with Crippen LogP contribution in [0.5, 0.6) is 0 Å². The summed E-state index contributed by atoms with van der Waals surface area (Å²) in [5, 5.41) is 3.80. The molecule has 0 saturated heterocycles. The first-order valence-electron chi connectivity index (χ1n) is 6.18. The minimum absolute atomic E-state index is 0.630. The van der Waals surface area contributed by atoms with Gasteiger partial charge in [0, 0.05) is 12.1 Å². The summed E-state index contributed by atoms with van der Waals surface area (Å²) in [6, 6.07) is 10.4. The molecular weight excluding hydrogens is 182 g/mol. The highest BCUT2D eigenvalue weighted by molar-refractivity contribution is 5.32. The second-order valence-electron chi connectivity index (χ2n) is 5.13. The van der Waals surface area contributed by atoms with Gasteiger partial charge in [-0.1, -0.05) is 31.2 Å². The van der Waals surface area contributed by atoms with Gasteiger partial charge in [-0.05, 0) is 42.7 Å². The van der Waals surface area contributed by atoms with Crippen LogP contribution in [0.15, 0.2) is 24.3 Å². The lowest BCUT2D eigenvalue weighted by atomic mass is 9.88. The molecule has 1 aromatic carbocycles. The lowest BCUT2D eigenvalue weighted by Gasteiger charge is -2.26. The quantitative estimate of drug-likeness (QED) is 0.775. The van der Waals surface area contributed by atoms with E-state index in [9.17, 15) is 0 Å². The average molecular weight is 201 g/mol. The van der Waals surface area contributed by atoms with Crippen molar-refractivity contribution in [3.05, 3.63) is 35.4 Å². The molecule has 2 aliphatic rings. The van der Waals surface area contributed by atoms with Crippen LogP contribution in [0.25, 0.3) is 0 Å². The van der Waals surface area contributed by atoms with E-state index in [2.05, 4.69) is 36.5 Å². The highest BCUT2D eigenvalue weighted by Crippen LogP contribution is 2.36. The maximum atomic E-state index is 3.80. The van der Waals surface area contributed by atoms with Crippen molar-refractivity contribution in [2.75, 3.05) is 0 Å². The van der Waals surface area contributed by atoms with Crippen molar-refractivity contribution in [3.8, 4) is 0 Å². The Morgan fingerprint density at radius 3 is 2.87 bits per heavy atom. The molecule has 1 fully saturated rings. The predicted molar refractivity (Wildman–Crippen MR) is 62.8 cm³/mol. The van der Waals surface area contributed by atoms with Crippen molar-refractivity contribution in [3.63, 3.8) is 0 Å². The van der Waals surface area contributed by atoms with E-state index in [1.807, 2.05) is 0 Å². The summed E-state index contributed by atoms with van der Waals surface area (Å²) in [7, 11) is 0. The van der Waals surface area contributed by atoms with Crippen molar-refractivity contribution in [2.45, 2.75) is 44.7 Å². The fourth-order valence-corrected chi connectivity index (χ4v) is 2.74. The molecule has 2 aliphatic carbocycles. The van der Waals surface area contributed by atoms with Crippen molar-refractivity contribution >= 4 is 0 Å². The fourth-order valence-electron chi connectivity index (χ4n) is 2.74. The number of fused-ring (bicyclic) bond motifs is 1. The van der Waals surface area contributed by atoms with Gasteiger partial charge in [0.2, 0.25) is 0 Å². The summed E-state index contributed by atoms with van der Waals surface area (Å²) in [6.07, 6.45) is 5.31. The van der Waals surface area contributed by atoms with Crippen LogP contribution in [0.4, 0.5) is 0 Å². The van der Waals surface area contributed by atoms with Crippen LogP contribution < -0.4 is 5.32 Å². The Balaban J connectivity index is 1.80. The first-order valence-corrected chi connectivity index (χ1v) is 6.18. The number of benzene rings is 1. The summed E-state index contributed by atoms with van der Waals surface area (Å²) in [5.74, 6) is 0.902. The maximum absolute atomic E-state index is 3.80. The Labute approximate surface area is 91.9 Å². The molecule has 0 amide bonds. The van der Waals surface area contributed by atoms with E-state index in [-0.39, 0.29) is 0 Å². The van der Waals surface area contributed by atoms with E-state index in [0.717, 1.165) is 12.0 Å². The highest BCUT2D eigenvalue weighted by Gasteiger charge is 2.35. The van der Waals surface area contributed by atoms with E-state index >= 15 is 0 Å². The topological polar surface area (TPSA) is 12.0 Å². The van der Waals surface area contributed by atoms with Crippen molar-refractivity contribution in [1.29, 1.82) is 0 Å². The van der Waals surface area contributed by atoms with Gasteiger partial charge in [0.05, 0.1) is 0 Å².